The van der Waals surface area contributed by atoms with Crippen LogP contribution in [0.25, 0.3) is 0 Å². The van der Waals surface area contributed by atoms with Gasteiger partial charge in [-0.3, -0.25) is 0 Å². The summed E-state index contributed by atoms with van der Waals surface area (Å²) in [6, 6.07) is 13.3. The molecule has 0 saturated carbocycles. The van der Waals surface area contributed by atoms with Gasteiger partial charge in [0.2, 0.25) is 0 Å². The lowest BCUT2D eigenvalue weighted by atomic mass is 10.2. The molecule has 0 saturated heterocycles. The molecule has 0 aromatic heterocycles. The Morgan fingerprint density at radius 3 is 2.61 bits per heavy atom. The maximum Gasteiger partial charge on any atom is 0.0752 e. The quantitative estimate of drug-likeness (QED) is 0.845. The molecule has 0 aliphatic carbocycles. The minimum absolute atomic E-state index is 0.472. The van der Waals surface area contributed by atoms with E-state index in [1.54, 1.807) is 0 Å². The Morgan fingerprint density at radius 2 is 1.89 bits per heavy atom. The van der Waals surface area contributed by atoms with Crippen LogP contribution >= 0.6 is 27.5 Å². The second kappa shape index (κ2) is 6.23. The molecule has 2 nitrogen and oxygen atoms in total. The van der Waals surface area contributed by atoms with Crippen LogP contribution in [0.3, 0.4) is 0 Å². The highest BCUT2D eigenvalue weighted by Gasteiger charge is 2.04. The monoisotopic (exact) mass is 325 g/mol. The average Bonchev–Trinajstić information content (AvgIpc) is 2.33. The third-order valence-electron chi connectivity index (χ3n) is 2.56. The smallest absolute Gasteiger partial charge is 0.0752 e. The Bertz CT molecular complexity index is 525. The molecule has 0 atom stereocenters. The zero-order valence-electron chi connectivity index (χ0n) is 9.70. The van der Waals surface area contributed by atoms with E-state index in [2.05, 4.69) is 15.9 Å². The zero-order chi connectivity index (χ0) is 13.0. The number of anilines is 1. The van der Waals surface area contributed by atoms with Crippen LogP contribution in [-0.4, -0.2) is 0 Å². The molecule has 0 amide bonds. The number of nitrogens with two attached hydrogens (primary N) is 1. The van der Waals surface area contributed by atoms with Crippen molar-refractivity contribution in [3.63, 3.8) is 0 Å². The summed E-state index contributed by atoms with van der Waals surface area (Å²) in [4.78, 5) is 0. The van der Waals surface area contributed by atoms with Crippen molar-refractivity contribution in [2.24, 2.45) is 0 Å². The predicted molar refractivity (Wildman–Crippen MR) is 78.5 cm³/mol. The molecule has 0 fully saturated rings. The maximum absolute atomic E-state index is 5.91. The second-order valence-electron chi connectivity index (χ2n) is 3.93. The lowest BCUT2D eigenvalue weighted by Gasteiger charge is -2.09. The molecule has 2 N–H and O–H groups in total. The Labute approximate surface area is 120 Å². The molecule has 0 heterocycles. The first-order chi connectivity index (χ1) is 8.66. The maximum atomic E-state index is 5.91. The Morgan fingerprint density at radius 1 is 1.11 bits per heavy atom. The molecule has 2 aromatic carbocycles. The Balaban J connectivity index is 1.97. The van der Waals surface area contributed by atoms with Gasteiger partial charge in [0.25, 0.3) is 0 Å². The number of rotatable bonds is 4. The fraction of sp³-hybridized carbons (Fsp3) is 0.143. The first-order valence-corrected chi connectivity index (χ1v) is 6.69. The molecular formula is C14H13BrClNO. The fourth-order valence-electron chi connectivity index (χ4n) is 1.63. The van der Waals surface area contributed by atoms with Crippen LogP contribution in [0.1, 0.15) is 11.1 Å². The fourth-order valence-corrected chi connectivity index (χ4v) is 2.33. The molecule has 18 heavy (non-hydrogen) atoms. The molecular weight excluding hydrogens is 314 g/mol. The topological polar surface area (TPSA) is 35.2 Å². The lowest BCUT2D eigenvalue weighted by molar-refractivity contribution is 0.107. The molecule has 0 bridgehead atoms. The van der Waals surface area contributed by atoms with Crippen LogP contribution in [0.15, 0.2) is 46.9 Å². The lowest BCUT2D eigenvalue weighted by Crippen LogP contribution is -1.99. The second-order valence-corrected chi connectivity index (χ2v) is 5.22. The van der Waals surface area contributed by atoms with Crippen molar-refractivity contribution in [1.82, 2.24) is 0 Å². The van der Waals surface area contributed by atoms with Crippen molar-refractivity contribution in [2.75, 3.05) is 5.73 Å². The van der Waals surface area contributed by atoms with Crippen molar-refractivity contribution in [3.8, 4) is 0 Å². The van der Waals surface area contributed by atoms with Crippen molar-refractivity contribution >= 4 is 33.2 Å². The number of benzene rings is 2. The highest BCUT2D eigenvalue weighted by atomic mass is 79.9. The van der Waals surface area contributed by atoms with Gasteiger partial charge >= 0.3 is 0 Å². The molecule has 0 unspecified atom stereocenters. The molecule has 94 valence electrons. The van der Waals surface area contributed by atoms with Gasteiger partial charge < -0.3 is 10.5 Å². The summed E-state index contributed by atoms with van der Waals surface area (Å²) in [5.41, 5.74) is 8.65. The van der Waals surface area contributed by atoms with E-state index < -0.39 is 0 Å². The van der Waals surface area contributed by atoms with Gasteiger partial charge in [0.1, 0.15) is 0 Å². The minimum Gasteiger partial charge on any atom is -0.398 e. The highest BCUT2D eigenvalue weighted by molar-refractivity contribution is 9.10. The number of hydrogen-bond acceptors (Lipinski definition) is 2. The zero-order valence-corrected chi connectivity index (χ0v) is 12.0. The third-order valence-corrected chi connectivity index (χ3v) is 3.54. The van der Waals surface area contributed by atoms with Gasteiger partial charge in [-0.2, -0.15) is 0 Å². The van der Waals surface area contributed by atoms with Gasteiger partial charge in [-0.05, 0) is 29.8 Å². The van der Waals surface area contributed by atoms with E-state index in [1.165, 1.54) is 0 Å². The molecule has 2 rings (SSSR count). The summed E-state index contributed by atoms with van der Waals surface area (Å²) in [6.07, 6.45) is 0. The van der Waals surface area contributed by atoms with E-state index in [0.717, 1.165) is 26.3 Å². The van der Waals surface area contributed by atoms with E-state index in [0.29, 0.717) is 13.2 Å². The Kier molecular flexibility index (Phi) is 4.64. The normalized spacial score (nSPS) is 10.6. The number of ether oxygens (including phenoxy) is 1. The van der Waals surface area contributed by atoms with Crippen LogP contribution < -0.4 is 5.73 Å². The largest absolute Gasteiger partial charge is 0.398 e. The summed E-state index contributed by atoms with van der Waals surface area (Å²) >= 11 is 9.37. The molecule has 2 aromatic rings. The molecule has 0 aliphatic rings. The molecule has 4 heteroatoms. The predicted octanol–water partition coefficient (Wildman–Crippen LogP) is 4.40. The van der Waals surface area contributed by atoms with Crippen LogP contribution in [0.4, 0.5) is 5.69 Å². The SMILES string of the molecule is Nc1cccc(Br)c1COCc1cccc(Cl)c1. The van der Waals surface area contributed by atoms with Gasteiger partial charge in [-0.25, -0.2) is 0 Å². The van der Waals surface area contributed by atoms with Gasteiger partial charge in [0.05, 0.1) is 13.2 Å². The summed E-state index contributed by atoms with van der Waals surface area (Å²) < 4.78 is 6.62. The van der Waals surface area contributed by atoms with Crippen molar-refractivity contribution in [1.29, 1.82) is 0 Å². The van der Waals surface area contributed by atoms with Crippen LogP contribution in [-0.2, 0) is 18.0 Å². The van der Waals surface area contributed by atoms with Gasteiger partial charge in [0, 0.05) is 20.7 Å². The van der Waals surface area contributed by atoms with Crippen LogP contribution in [0, 0.1) is 0 Å². The minimum atomic E-state index is 0.472. The number of nitrogen functional groups attached to an aromatic ring is 1. The van der Waals surface area contributed by atoms with E-state index >= 15 is 0 Å². The van der Waals surface area contributed by atoms with E-state index in [-0.39, 0.29) is 0 Å². The summed E-state index contributed by atoms with van der Waals surface area (Å²) in [5, 5.41) is 0.719. The van der Waals surface area contributed by atoms with E-state index in [4.69, 9.17) is 22.1 Å². The van der Waals surface area contributed by atoms with E-state index in [1.807, 2.05) is 42.5 Å². The van der Waals surface area contributed by atoms with Crippen LogP contribution in [0.5, 0.6) is 0 Å². The van der Waals surface area contributed by atoms with Gasteiger partial charge in [-0.15, -0.1) is 0 Å². The van der Waals surface area contributed by atoms with Crippen molar-refractivity contribution in [3.05, 3.63) is 63.1 Å². The average molecular weight is 327 g/mol. The third kappa shape index (κ3) is 3.48. The van der Waals surface area contributed by atoms with Crippen LogP contribution in [0.2, 0.25) is 5.02 Å². The molecule has 0 spiro atoms. The summed E-state index contributed by atoms with van der Waals surface area (Å²) in [7, 11) is 0. The Hall–Kier alpha value is -1.03. The van der Waals surface area contributed by atoms with Gasteiger partial charge in [0.15, 0.2) is 0 Å². The van der Waals surface area contributed by atoms with E-state index in [9.17, 15) is 0 Å². The standard InChI is InChI=1S/C14H13BrClNO/c15-13-5-2-6-14(17)12(13)9-18-8-10-3-1-4-11(16)7-10/h1-7H,8-9,17H2. The van der Waals surface area contributed by atoms with Crippen molar-refractivity contribution < 1.29 is 4.74 Å². The summed E-state index contributed by atoms with van der Waals surface area (Å²) in [6.45, 7) is 0.987. The van der Waals surface area contributed by atoms with Crippen molar-refractivity contribution in [2.45, 2.75) is 13.2 Å². The first kappa shape index (κ1) is 13.4. The molecule has 0 radical (unpaired) electrons. The number of halogens is 2. The highest BCUT2D eigenvalue weighted by Crippen LogP contribution is 2.23. The summed E-state index contributed by atoms with van der Waals surface area (Å²) in [5.74, 6) is 0. The molecule has 0 aliphatic heterocycles. The van der Waals surface area contributed by atoms with Gasteiger partial charge in [-0.1, -0.05) is 45.7 Å². The number of hydrogen-bond donors (Lipinski definition) is 1. The first-order valence-electron chi connectivity index (χ1n) is 5.52.